The van der Waals surface area contributed by atoms with E-state index in [1.54, 1.807) is 11.2 Å². The van der Waals surface area contributed by atoms with Gasteiger partial charge in [-0.1, -0.05) is 6.92 Å². The van der Waals surface area contributed by atoms with Gasteiger partial charge < -0.3 is 9.32 Å². The van der Waals surface area contributed by atoms with Crippen LogP contribution in [-0.4, -0.2) is 32.0 Å². The number of aromatic nitrogens is 3. The van der Waals surface area contributed by atoms with Crippen LogP contribution >= 0.6 is 0 Å². The zero-order chi connectivity index (χ0) is 13.9. The largest absolute Gasteiger partial charge is 0.467 e. The molecule has 0 saturated heterocycles. The Morgan fingerprint density at radius 3 is 3.05 bits per heavy atom. The minimum Gasteiger partial charge on any atom is -0.467 e. The Bertz CT molecular complexity index is 572. The third kappa shape index (κ3) is 2.74. The Labute approximate surface area is 117 Å². The van der Waals surface area contributed by atoms with Crippen LogP contribution in [0.5, 0.6) is 0 Å². The van der Waals surface area contributed by atoms with E-state index in [4.69, 9.17) is 4.42 Å². The van der Waals surface area contributed by atoms with Crippen LogP contribution in [0.25, 0.3) is 0 Å². The number of aryl methyl sites for hydroxylation is 1. The van der Waals surface area contributed by atoms with Crippen molar-refractivity contribution in [3.05, 3.63) is 35.8 Å². The average Bonchev–Trinajstić information content (AvgIpc) is 2.97. The molecule has 0 atom stereocenters. The first-order chi connectivity index (χ1) is 9.78. The van der Waals surface area contributed by atoms with Crippen LogP contribution < -0.4 is 0 Å². The normalized spacial score (nSPS) is 14.4. The number of nitrogens with one attached hydrogen (secondary N) is 1. The van der Waals surface area contributed by atoms with E-state index in [1.165, 1.54) is 0 Å². The third-order valence-electron chi connectivity index (χ3n) is 3.36. The van der Waals surface area contributed by atoms with E-state index in [-0.39, 0.29) is 11.7 Å². The highest BCUT2D eigenvalue weighted by Crippen LogP contribution is 2.29. The minimum atomic E-state index is -0.123. The molecule has 2 heterocycles. The van der Waals surface area contributed by atoms with Crippen LogP contribution in [0.4, 0.5) is 0 Å². The van der Waals surface area contributed by atoms with Crippen molar-refractivity contribution < 1.29 is 9.21 Å². The van der Waals surface area contributed by atoms with E-state index in [0.717, 1.165) is 37.3 Å². The van der Waals surface area contributed by atoms with Crippen LogP contribution in [0.2, 0.25) is 0 Å². The summed E-state index contributed by atoms with van der Waals surface area (Å²) in [7, 11) is 0. The Kier molecular flexibility index (Phi) is 3.54. The van der Waals surface area contributed by atoms with Gasteiger partial charge in [-0.25, -0.2) is 4.98 Å². The lowest BCUT2D eigenvalue weighted by atomic mass is 10.3. The molecule has 0 unspecified atom stereocenters. The predicted molar refractivity (Wildman–Crippen MR) is 72.0 cm³/mol. The van der Waals surface area contributed by atoms with Crippen molar-refractivity contribution in [2.24, 2.45) is 0 Å². The molecule has 1 saturated carbocycles. The fourth-order valence-electron chi connectivity index (χ4n) is 2.19. The molecule has 2 aromatic rings. The highest BCUT2D eigenvalue weighted by molar-refractivity contribution is 5.90. The summed E-state index contributed by atoms with van der Waals surface area (Å²) in [6.45, 7) is 2.55. The van der Waals surface area contributed by atoms with E-state index in [1.807, 2.05) is 12.1 Å². The Hall–Kier alpha value is -2.11. The second kappa shape index (κ2) is 5.48. The molecule has 1 aliphatic carbocycles. The lowest BCUT2D eigenvalue weighted by Gasteiger charge is -2.19. The standard InChI is InChI=1S/C14H18N4O2/c1-2-4-12-15-13(17-16-12)14(19)18(10-6-7-10)9-11-5-3-8-20-11/h3,5,8,10H,2,4,6-7,9H2,1H3,(H,15,16,17). The fraction of sp³-hybridized carbons (Fsp3) is 0.500. The zero-order valence-electron chi connectivity index (χ0n) is 11.5. The summed E-state index contributed by atoms with van der Waals surface area (Å²) < 4.78 is 5.33. The minimum absolute atomic E-state index is 0.123. The van der Waals surface area contributed by atoms with Gasteiger partial charge in [0.25, 0.3) is 5.91 Å². The molecule has 0 aromatic carbocycles. The number of carbonyl (C=O) groups is 1. The number of amides is 1. The Morgan fingerprint density at radius 2 is 2.40 bits per heavy atom. The van der Waals surface area contributed by atoms with Crippen molar-refractivity contribution >= 4 is 5.91 Å². The second-order valence-electron chi connectivity index (χ2n) is 5.10. The van der Waals surface area contributed by atoms with Crippen molar-refractivity contribution in [3.8, 4) is 0 Å². The summed E-state index contributed by atoms with van der Waals surface area (Å²) in [4.78, 5) is 18.6. The van der Waals surface area contributed by atoms with Crippen LogP contribution in [0, 0.1) is 0 Å². The molecule has 20 heavy (non-hydrogen) atoms. The van der Waals surface area contributed by atoms with Crippen molar-refractivity contribution in [2.45, 2.75) is 45.2 Å². The van der Waals surface area contributed by atoms with Crippen molar-refractivity contribution in [2.75, 3.05) is 0 Å². The molecule has 0 spiro atoms. The highest BCUT2D eigenvalue weighted by atomic mass is 16.3. The number of carbonyl (C=O) groups excluding carboxylic acids is 1. The molecule has 1 fully saturated rings. The van der Waals surface area contributed by atoms with E-state index >= 15 is 0 Å². The van der Waals surface area contributed by atoms with Gasteiger partial charge in [0.15, 0.2) is 0 Å². The third-order valence-corrected chi connectivity index (χ3v) is 3.36. The van der Waals surface area contributed by atoms with Gasteiger partial charge in [0.1, 0.15) is 11.6 Å². The van der Waals surface area contributed by atoms with Gasteiger partial charge in [0, 0.05) is 12.5 Å². The van der Waals surface area contributed by atoms with Crippen molar-refractivity contribution in [3.63, 3.8) is 0 Å². The molecule has 6 heteroatoms. The molecule has 3 rings (SSSR count). The molecule has 1 amide bonds. The number of rotatable bonds is 6. The van der Waals surface area contributed by atoms with Gasteiger partial charge in [0.05, 0.1) is 12.8 Å². The molecule has 2 aromatic heterocycles. The Balaban J connectivity index is 1.74. The number of H-pyrrole nitrogens is 1. The summed E-state index contributed by atoms with van der Waals surface area (Å²) in [6.07, 6.45) is 5.48. The summed E-state index contributed by atoms with van der Waals surface area (Å²) in [5.41, 5.74) is 0. The van der Waals surface area contributed by atoms with E-state index in [0.29, 0.717) is 12.6 Å². The second-order valence-corrected chi connectivity index (χ2v) is 5.10. The summed E-state index contributed by atoms with van der Waals surface area (Å²) in [5, 5.41) is 6.87. The van der Waals surface area contributed by atoms with Gasteiger partial charge in [-0.15, -0.1) is 5.10 Å². The highest BCUT2D eigenvalue weighted by Gasteiger charge is 2.35. The fourth-order valence-corrected chi connectivity index (χ4v) is 2.19. The van der Waals surface area contributed by atoms with Crippen molar-refractivity contribution in [1.82, 2.24) is 20.1 Å². The molecule has 1 N–H and O–H groups in total. The number of aromatic amines is 1. The smallest absolute Gasteiger partial charge is 0.294 e. The topological polar surface area (TPSA) is 75.0 Å². The van der Waals surface area contributed by atoms with Gasteiger partial charge in [-0.3, -0.25) is 9.89 Å². The SMILES string of the molecule is CCCc1nc(C(=O)N(Cc2ccco2)C2CC2)n[nH]1. The maximum absolute atomic E-state index is 12.5. The molecule has 0 bridgehead atoms. The van der Waals surface area contributed by atoms with Gasteiger partial charge >= 0.3 is 0 Å². The maximum atomic E-state index is 12.5. The molecule has 0 aliphatic heterocycles. The summed E-state index contributed by atoms with van der Waals surface area (Å²) >= 11 is 0. The first-order valence-corrected chi connectivity index (χ1v) is 7.02. The Morgan fingerprint density at radius 1 is 1.55 bits per heavy atom. The van der Waals surface area contributed by atoms with Crippen LogP contribution in [0.3, 0.4) is 0 Å². The van der Waals surface area contributed by atoms with E-state index in [2.05, 4.69) is 22.1 Å². The van der Waals surface area contributed by atoms with Crippen LogP contribution in [0.1, 0.15) is 48.4 Å². The quantitative estimate of drug-likeness (QED) is 0.875. The molecular weight excluding hydrogens is 256 g/mol. The van der Waals surface area contributed by atoms with E-state index < -0.39 is 0 Å². The lowest BCUT2D eigenvalue weighted by molar-refractivity contribution is 0.0705. The molecule has 0 radical (unpaired) electrons. The average molecular weight is 274 g/mol. The molecular formula is C14H18N4O2. The molecule has 6 nitrogen and oxygen atoms in total. The number of hydrogen-bond donors (Lipinski definition) is 1. The number of nitrogens with zero attached hydrogens (tertiary/aromatic N) is 3. The summed E-state index contributed by atoms with van der Waals surface area (Å²) in [6, 6.07) is 4.00. The van der Waals surface area contributed by atoms with Gasteiger partial charge in [-0.2, -0.15) is 0 Å². The first kappa shape index (κ1) is 12.9. The van der Waals surface area contributed by atoms with Crippen LogP contribution in [-0.2, 0) is 13.0 Å². The predicted octanol–water partition coefficient (Wildman–Crippen LogP) is 2.16. The number of furan rings is 1. The van der Waals surface area contributed by atoms with E-state index in [9.17, 15) is 4.79 Å². The molecule has 106 valence electrons. The zero-order valence-corrected chi connectivity index (χ0v) is 11.5. The first-order valence-electron chi connectivity index (χ1n) is 7.02. The monoisotopic (exact) mass is 274 g/mol. The number of hydrogen-bond acceptors (Lipinski definition) is 4. The van der Waals surface area contributed by atoms with Crippen LogP contribution in [0.15, 0.2) is 22.8 Å². The maximum Gasteiger partial charge on any atom is 0.294 e. The molecule has 1 aliphatic rings. The lowest BCUT2D eigenvalue weighted by Crippen LogP contribution is -2.33. The summed E-state index contributed by atoms with van der Waals surface area (Å²) in [5.74, 6) is 1.69. The van der Waals surface area contributed by atoms with Gasteiger partial charge in [0.2, 0.25) is 5.82 Å². The van der Waals surface area contributed by atoms with Crippen molar-refractivity contribution in [1.29, 1.82) is 0 Å². The van der Waals surface area contributed by atoms with Gasteiger partial charge in [-0.05, 0) is 31.4 Å².